The summed E-state index contributed by atoms with van der Waals surface area (Å²) < 4.78 is 44.9. The van der Waals surface area contributed by atoms with E-state index in [2.05, 4.69) is 0 Å². The summed E-state index contributed by atoms with van der Waals surface area (Å²) in [5, 5.41) is 0. The van der Waals surface area contributed by atoms with Crippen molar-refractivity contribution in [1.29, 1.82) is 0 Å². The molecule has 1 saturated heterocycles. The van der Waals surface area contributed by atoms with Gasteiger partial charge in [0.1, 0.15) is 0 Å². The SMILES string of the molecule is NC(=O)[C@@H]1CN(C(=O)C[C@@H](c2ccccc2)C(F)(F)F)CCO1. The van der Waals surface area contributed by atoms with E-state index in [1.807, 2.05) is 0 Å². The average molecular weight is 330 g/mol. The number of carbonyl (C=O) groups is 2. The molecule has 2 rings (SSSR count). The topological polar surface area (TPSA) is 72.6 Å². The molecule has 0 spiro atoms. The molecule has 2 N–H and O–H groups in total. The Morgan fingerprint density at radius 1 is 1.30 bits per heavy atom. The molecule has 0 unspecified atom stereocenters. The standard InChI is InChI=1S/C15H17F3N2O3/c16-15(17,18)11(10-4-2-1-3-5-10)8-13(21)20-6-7-23-12(9-20)14(19)22/h1-5,11-12H,6-9H2,(H2,19,22)/t11-,12-/m0/s1. The lowest BCUT2D eigenvalue weighted by molar-refractivity contribution is -0.164. The minimum absolute atomic E-state index is 0.0352. The molecule has 2 amide bonds. The zero-order valence-electron chi connectivity index (χ0n) is 12.3. The lowest BCUT2D eigenvalue weighted by Gasteiger charge is -2.32. The number of rotatable bonds is 4. The van der Waals surface area contributed by atoms with Gasteiger partial charge in [-0.25, -0.2) is 0 Å². The zero-order valence-corrected chi connectivity index (χ0v) is 12.3. The molecule has 1 heterocycles. The fourth-order valence-corrected chi connectivity index (χ4v) is 2.46. The number of primary amides is 1. The summed E-state index contributed by atoms with van der Waals surface area (Å²) in [6.07, 6.45) is -6.22. The average Bonchev–Trinajstić information content (AvgIpc) is 2.52. The summed E-state index contributed by atoms with van der Waals surface area (Å²) in [7, 11) is 0. The first kappa shape index (κ1) is 17.3. The largest absolute Gasteiger partial charge is 0.396 e. The fourth-order valence-electron chi connectivity index (χ4n) is 2.46. The van der Waals surface area contributed by atoms with E-state index in [4.69, 9.17) is 10.5 Å². The number of nitrogens with zero attached hydrogens (tertiary/aromatic N) is 1. The van der Waals surface area contributed by atoms with E-state index in [1.54, 1.807) is 6.07 Å². The van der Waals surface area contributed by atoms with E-state index >= 15 is 0 Å². The Kier molecular flexibility index (Phi) is 5.25. The molecular weight excluding hydrogens is 313 g/mol. The number of hydrogen-bond acceptors (Lipinski definition) is 3. The summed E-state index contributed by atoms with van der Waals surface area (Å²) in [5.41, 5.74) is 5.14. The molecule has 0 saturated carbocycles. The Morgan fingerprint density at radius 2 is 1.96 bits per heavy atom. The Hall–Kier alpha value is -2.09. The van der Waals surface area contributed by atoms with Crippen LogP contribution in [0.15, 0.2) is 30.3 Å². The van der Waals surface area contributed by atoms with Crippen LogP contribution in [0.2, 0.25) is 0 Å². The maximum Gasteiger partial charge on any atom is 0.396 e. The highest BCUT2D eigenvalue weighted by Gasteiger charge is 2.43. The molecule has 1 aromatic carbocycles. The smallest absolute Gasteiger partial charge is 0.367 e. The summed E-state index contributed by atoms with van der Waals surface area (Å²) in [6.45, 7) is 0.0941. The molecule has 0 bridgehead atoms. The van der Waals surface area contributed by atoms with Crippen molar-refractivity contribution in [1.82, 2.24) is 4.90 Å². The zero-order chi connectivity index (χ0) is 17.0. The minimum atomic E-state index is -4.54. The van der Waals surface area contributed by atoms with Crippen LogP contribution in [0.3, 0.4) is 0 Å². The van der Waals surface area contributed by atoms with Gasteiger partial charge in [0.15, 0.2) is 6.10 Å². The molecule has 0 aliphatic carbocycles. The predicted octanol–water partition coefficient (Wildman–Crippen LogP) is 1.44. The predicted molar refractivity (Wildman–Crippen MR) is 75.4 cm³/mol. The molecule has 1 aliphatic heterocycles. The van der Waals surface area contributed by atoms with E-state index in [0.717, 1.165) is 0 Å². The Balaban J connectivity index is 2.10. The third-order valence-corrected chi connectivity index (χ3v) is 3.71. The first-order valence-corrected chi connectivity index (χ1v) is 7.09. The van der Waals surface area contributed by atoms with Gasteiger partial charge in [-0.2, -0.15) is 13.2 Å². The van der Waals surface area contributed by atoms with Crippen molar-refractivity contribution in [2.24, 2.45) is 5.73 Å². The number of halogens is 3. The maximum absolute atomic E-state index is 13.3. The Morgan fingerprint density at radius 3 is 2.52 bits per heavy atom. The quantitative estimate of drug-likeness (QED) is 0.908. The molecule has 1 aromatic rings. The van der Waals surface area contributed by atoms with E-state index in [9.17, 15) is 22.8 Å². The highest BCUT2D eigenvalue weighted by molar-refractivity contribution is 5.82. The summed E-state index contributed by atoms with van der Waals surface area (Å²) in [5.74, 6) is -3.30. The number of nitrogens with two attached hydrogens (primary N) is 1. The van der Waals surface area contributed by atoms with Crippen molar-refractivity contribution >= 4 is 11.8 Å². The molecular formula is C15H17F3N2O3. The third-order valence-electron chi connectivity index (χ3n) is 3.71. The monoisotopic (exact) mass is 330 g/mol. The van der Waals surface area contributed by atoms with Crippen molar-refractivity contribution in [3.63, 3.8) is 0 Å². The number of alkyl halides is 3. The van der Waals surface area contributed by atoms with Crippen LogP contribution >= 0.6 is 0 Å². The van der Waals surface area contributed by atoms with Gasteiger partial charge in [-0.1, -0.05) is 30.3 Å². The van der Waals surface area contributed by atoms with E-state index in [-0.39, 0.29) is 25.3 Å². The van der Waals surface area contributed by atoms with Crippen LogP contribution in [0.1, 0.15) is 17.9 Å². The van der Waals surface area contributed by atoms with Crippen LogP contribution in [0.4, 0.5) is 13.2 Å². The lowest BCUT2D eigenvalue weighted by atomic mass is 9.94. The van der Waals surface area contributed by atoms with E-state index in [0.29, 0.717) is 0 Å². The van der Waals surface area contributed by atoms with Gasteiger partial charge in [-0.05, 0) is 5.56 Å². The summed E-state index contributed by atoms with van der Waals surface area (Å²) in [4.78, 5) is 24.5. The van der Waals surface area contributed by atoms with Gasteiger partial charge in [0.25, 0.3) is 0 Å². The van der Waals surface area contributed by atoms with Crippen molar-refractivity contribution in [2.75, 3.05) is 19.7 Å². The van der Waals surface area contributed by atoms with Crippen LogP contribution in [0.5, 0.6) is 0 Å². The molecule has 1 fully saturated rings. The normalized spacial score (nSPS) is 20.1. The van der Waals surface area contributed by atoms with Gasteiger partial charge in [-0.3, -0.25) is 9.59 Å². The second kappa shape index (κ2) is 6.99. The van der Waals surface area contributed by atoms with Crippen molar-refractivity contribution in [3.05, 3.63) is 35.9 Å². The first-order valence-electron chi connectivity index (χ1n) is 7.09. The van der Waals surface area contributed by atoms with Crippen LogP contribution in [0, 0.1) is 0 Å². The van der Waals surface area contributed by atoms with Gasteiger partial charge in [0.05, 0.1) is 19.1 Å². The number of carbonyl (C=O) groups excluding carboxylic acids is 2. The fraction of sp³-hybridized carbons (Fsp3) is 0.467. The van der Waals surface area contributed by atoms with Crippen molar-refractivity contribution < 1.29 is 27.5 Å². The molecule has 23 heavy (non-hydrogen) atoms. The van der Waals surface area contributed by atoms with Gasteiger partial charge >= 0.3 is 6.18 Å². The van der Waals surface area contributed by atoms with E-state index < -0.39 is 36.4 Å². The van der Waals surface area contributed by atoms with Crippen LogP contribution in [-0.4, -0.2) is 48.7 Å². The molecule has 5 nitrogen and oxygen atoms in total. The summed E-state index contributed by atoms with van der Waals surface area (Å²) in [6, 6.07) is 7.29. The lowest BCUT2D eigenvalue weighted by Crippen LogP contribution is -2.50. The first-order chi connectivity index (χ1) is 10.8. The number of ether oxygens (including phenoxy) is 1. The minimum Gasteiger partial charge on any atom is -0.367 e. The second-order valence-corrected chi connectivity index (χ2v) is 5.31. The number of morpholine rings is 1. The van der Waals surface area contributed by atoms with Gasteiger partial charge in [-0.15, -0.1) is 0 Å². The molecule has 2 atom stereocenters. The molecule has 0 radical (unpaired) electrons. The molecule has 0 aromatic heterocycles. The van der Waals surface area contributed by atoms with Crippen LogP contribution < -0.4 is 5.73 Å². The second-order valence-electron chi connectivity index (χ2n) is 5.31. The van der Waals surface area contributed by atoms with Gasteiger partial charge in [0, 0.05) is 13.0 Å². The highest BCUT2D eigenvalue weighted by atomic mass is 19.4. The molecule has 126 valence electrons. The highest BCUT2D eigenvalue weighted by Crippen LogP contribution is 2.37. The van der Waals surface area contributed by atoms with Crippen LogP contribution in [-0.2, 0) is 14.3 Å². The number of amides is 2. The Labute approximate surface area is 131 Å². The molecule has 8 heteroatoms. The van der Waals surface area contributed by atoms with Crippen LogP contribution in [0.25, 0.3) is 0 Å². The summed E-state index contributed by atoms with van der Waals surface area (Å²) >= 11 is 0. The molecule has 1 aliphatic rings. The van der Waals surface area contributed by atoms with Gasteiger partial charge in [0.2, 0.25) is 11.8 Å². The number of hydrogen-bond donors (Lipinski definition) is 1. The van der Waals surface area contributed by atoms with E-state index in [1.165, 1.54) is 29.2 Å². The Bertz CT molecular complexity index is 563. The maximum atomic E-state index is 13.3. The van der Waals surface area contributed by atoms with Gasteiger partial charge < -0.3 is 15.4 Å². The third kappa shape index (κ3) is 4.44. The van der Waals surface area contributed by atoms with Crippen molar-refractivity contribution in [3.8, 4) is 0 Å². The van der Waals surface area contributed by atoms with Crippen molar-refractivity contribution in [2.45, 2.75) is 24.6 Å². The number of benzene rings is 1.